The van der Waals surface area contributed by atoms with Crippen molar-refractivity contribution >= 4 is 48.9 Å². The number of rotatable bonds is 5. The summed E-state index contributed by atoms with van der Waals surface area (Å²) in [7, 11) is -7.94. The van der Waals surface area contributed by atoms with E-state index >= 15 is 0 Å². The zero-order valence-electron chi connectivity index (χ0n) is 20.5. The van der Waals surface area contributed by atoms with Gasteiger partial charge in [0.25, 0.3) is 10.0 Å². The fraction of sp³-hybridized carbons (Fsp3) is 0.609. The molecule has 0 aliphatic carbocycles. The fourth-order valence-corrected chi connectivity index (χ4v) is 7.31. The number of likely N-dealkylation sites (tertiary alicyclic amines) is 1. The van der Waals surface area contributed by atoms with Gasteiger partial charge < -0.3 is 15.0 Å². The summed E-state index contributed by atoms with van der Waals surface area (Å²) in [6.45, 7) is 6.64. The van der Waals surface area contributed by atoms with Crippen molar-refractivity contribution < 1.29 is 31.2 Å². The van der Waals surface area contributed by atoms with Crippen LogP contribution in [0.2, 0.25) is 0 Å². The number of amides is 1. The molecule has 1 amide bonds. The Bertz CT molecular complexity index is 1380. The molecule has 0 aromatic heterocycles. The summed E-state index contributed by atoms with van der Waals surface area (Å²) in [5, 5.41) is 2.87. The van der Waals surface area contributed by atoms with Gasteiger partial charge in [-0.15, -0.1) is 4.40 Å². The maximum absolute atomic E-state index is 13.8. The van der Waals surface area contributed by atoms with Gasteiger partial charge in [-0.05, 0) is 42.9 Å². The van der Waals surface area contributed by atoms with Crippen molar-refractivity contribution in [3.63, 3.8) is 0 Å². The lowest BCUT2D eigenvalue weighted by Crippen LogP contribution is -2.63. The van der Waals surface area contributed by atoms with Crippen LogP contribution in [0.15, 0.2) is 27.5 Å². The van der Waals surface area contributed by atoms with Crippen LogP contribution in [0, 0.1) is 17.3 Å². The molecule has 13 heteroatoms. The monoisotopic (exact) mass is 538 g/mol. The fourth-order valence-electron chi connectivity index (χ4n) is 5.58. The number of ether oxygens (including phenoxy) is 1. The van der Waals surface area contributed by atoms with Crippen molar-refractivity contribution in [1.82, 2.24) is 4.90 Å². The molecule has 1 aromatic carbocycles. The molecule has 0 spiro atoms. The molecule has 5 unspecified atom stereocenters. The number of hydrogen-bond donors (Lipinski definition) is 2. The zero-order chi connectivity index (χ0) is 26.2. The summed E-state index contributed by atoms with van der Waals surface area (Å²) in [6.07, 6.45) is 2.68. The van der Waals surface area contributed by atoms with Gasteiger partial charge in [-0.3, -0.25) is 14.3 Å². The predicted molar refractivity (Wildman–Crippen MR) is 133 cm³/mol. The highest BCUT2D eigenvalue weighted by Crippen LogP contribution is 2.47. The van der Waals surface area contributed by atoms with E-state index in [4.69, 9.17) is 4.74 Å². The van der Waals surface area contributed by atoms with Gasteiger partial charge in [-0.2, -0.15) is 8.42 Å². The van der Waals surface area contributed by atoms with Crippen molar-refractivity contribution in [2.24, 2.45) is 21.6 Å². The second-order valence-corrected chi connectivity index (χ2v) is 14.5. The maximum atomic E-state index is 13.8. The van der Waals surface area contributed by atoms with Gasteiger partial charge in [0.2, 0.25) is 15.9 Å². The maximum Gasteiger partial charge on any atom is 0.286 e. The Hall–Kier alpha value is -2.51. The molecule has 2 bridgehead atoms. The molecule has 5 atom stereocenters. The minimum Gasteiger partial charge on any atom is -0.372 e. The molecule has 196 valence electrons. The van der Waals surface area contributed by atoms with Crippen LogP contribution in [0.4, 0.5) is 11.4 Å². The van der Waals surface area contributed by atoms with Crippen LogP contribution in [0.1, 0.15) is 40.0 Å². The number of hydrogen-bond acceptors (Lipinski definition) is 8. The largest absolute Gasteiger partial charge is 0.372 e. The summed E-state index contributed by atoms with van der Waals surface area (Å²) >= 11 is 0. The van der Waals surface area contributed by atoms with Gasteiger partial charge in [0.1, 0.15) is 10.7 Å². The second kappa shape index (κ2) is 8.25. The Morgan fingerprint density at radius 3 is 2.56 bits per heavy atom. The topological polar surface area (TPSA) is 151 Å². The minimum atomic E-state index is -4.31. The minimum absolute atomic E-state index is 0.0498. The first-order valence-electron chi connectivity index (χ1n) is 11.9. The third-order valence-corrected chi connectivity index (χ3v) is 9.09. The zero-order valence-corrected chi connectivity index (χ0v) is 22.1. The highest BCUT2D eigenvalue weighted by Gasteiger charge is 2.62. The van der Waals surface area contributed by atoms with Crippen molar-refractivity contribution in [2.45, 2.75) is 63.2 Å². The highest BCUT2D eigenvalue weighted by atomic mass is 32.2. The molecule has 36 heavy (non-hydrogen) atoms. The second-order valence-electron chi connectivity index (χ2n) is 11.1. The number of piperidine rings is 1. The van der Waals surface area contributed by atoms with E-state index in [0.29, 0.717) is 13.0 Å². The van der Waals surface area contributed by atoms with Crippen LogP contribution in [-0.4, -0.2) is 70.3 Å². The number of ketones is 1. The van der Waals surface area contributed by atoms with Gasteiger partial charge in [-0.25, -0.2) is 8.42 Å². The molecule has 11 nitrogen and oxygen atoms in total. The van der Waals surface area contributed by atoms with Gasteiger partial charge >= 0.3 is 0 Å². The van der Waals surface area contributed by atoms with E-state index in [0.717, 1.165) is 25.2 Å². The lowest BCUT2D eigenvalue weighted by atomic mass is 9.73. The number of anilines is 2. The van der Waals surface area contributed by atoms with Crippen molar-refractivity contribution in [1.29, 1.82) is 0 Å². The Balaban J connectivity index is 1.51. The van der Waals surface area contributed by atoms with Crippen LogP contribution in [0.5, 0.6) is 0 Å². The number of fused-ring (bicyclic) bond motifs is 6. The standard InChI is InChI=1S/C23H30N4O7S2/c1-23(2,3)9-10-27-19-15-8-7-14(34-15)17(19)20(28)18(22(27)29)21-24-13-6-5-12(25-35(4,30)31)11-16(13)36(32,33)26-21/h5-6,11,14-15,17-19,25H,7-10H2,1-4H3,(H,24,26). The van der Waals surface area contributed by atoms with E-state index < -0.39 is 37.8 Å². The van der Waals surface area contributed by atoms with Crippen LogP contribution in [0.3, 0.4) is 0 Å². The molecule has 4 heterocycles. The average Bonchev–Trinajstić information content (AvgIpc) is 3.34. The SMILES string of the molecule is CC(C)(C)CCN1C(=O)C(C2=NS(=O)(=O)c3cc(NS(C)(=O)=O)ccc3N2)C(=O)C2C3CCC(O3)C21. The summed E-state index contributed by atoms with van der Waals surface area (Å²) in [4.78, 5) is 28.9. The molecule has 0 saturated carbocycles. The lowest BCUT2D eigenvalue weighted by Gasteiger charge is -2.44. The third kappa shape index (κ3) is 4.41. The number of carbonyl (C=O) groups is 2. The summed E-state index contributed by atoms with van der Waals surface area (Å²) < 4.78 is 61.4. The van der Waals surface area contributed by atoms with Crippen molar-refractivity contribution in [2.75, 3.05) is 22.8 Å². The van der Waals surface area contributed by atoms with E-state index in [1.807, 2.05) is 0 Å². The lowest BCUT2D eigenvalue weighted by molar-refractivity contribution is -0.151. The number of nitrogens with zero attached hydrogens (tertiary/aromatic N) is 2. The van der Waals surface area contributed by atoms with E-state index in [2.05, 4.69) is 35.2 Å². The Morgan fingerprint density at radius 1 is 1.19 bits per heavy atom. The average molecular weight is 539 g/mol. The van der Waals surface area contributed by atoms with Gasteiger partial charge in [0.05, 0.1) is 36.1 Å². The van der Waals surface area contributed by atoms with E-state index in [1.54, 1.807) is 4.90 Å². The normalized spacial score (nSPS) is 30.9. The Morgan fingerprint density at radius 2 is 1.89 bits per heavy atom. The first kappa shape index (κ1) is 25.2. The van der Waals surface area contributed by atoms with Crippen LogP contribution in [-0.2, 0) is 34.4 Å². The van der Waals surface area contributed by atoms with Crippen molar-refractivity contribution in [3.8, 4) is 0 Å². The molecule has 3 fully saturated rings. The molecular weight excluding hydrogens is 508 g/mol. The first-order valence-corrected chi connectivity index (χ1v) is 15.2. The van der Waals surface area contributed by atoms with Gasteiger partial charge in [0.15, 0.2) is 11.7 Å². The number of benzene rings is 1. The Labute approximate surface area is 210 Å². The summed E-state index contributed by atoms with van der Waals surface area (Å²) in [6, 6.07) is 3.58. The predicted octanol–water partition coefficient (Wildman–Crippen LogP) is 1.58. The molecule has 3 saturated heterocycles. The van der Waals surface area contributed by atoms with Gasteiger partial charge in [0, 0.05) is 12.2 Å². The van der Waals surface area contributed by atoms with Crippen LogP contribution in [0.25, 0.3) is 0 Å². The quantitative estimate of drug-likeness (QED) is 0.536. The highest BCUT2D eigenvalue weighted by molar-refractivity contribution is 7.92. The first-order chi connectivity index (χ1) is 16.6. The van der Waals surface area contributed by atoms with E-state index in [1.165, 1.54) is 12.1 Å². The number of nitrogens with one attached hydrogen (secondary N) is 2. The summed E-state index contributed by atoms with van der Waals surface area (Å²) in [5.41, 5.74) is 0.124. The van der Waals surface area contributed by atoms with Crippen LogP contribution >= 0.6 is 0 Å². The van der Waals surface area contributed by atoms with Gasteiger partial charge in [-0.1, -0.05) is 20.8 Å². The van der Waals surface area contributed by atoms with Crippen molar-refractivity contribution in [3.05, 3.63) is 18.2 Å². The number of Topliss-reactive ketones (excluding diaryl/α,β-unsaturated/α-hetero) is 1. The molecule has 2 N–H and O–H groups in total. The molecule has 1 aromatic rings. The van der Waals surface area contributed by atoms with E-state index in [-0.39, 0.29) is 51.6 Å². The van der Waals surface area contributed by atoms with Crippen LogP contribution < -0.4 is 10.0 Å². The Kier molecular flexibility index (Phi) is 5.76. The van der Waals surface area contributed by atoms with E-state index in [9.17, 15) is 26.4 Å². The molecule has 4 aliphatic rings. The molecule has 5 rings (SSSR count). The molecule has 4 aliphatic heterocycles. The molecule has 0 radical (unpaired) electrons. The third-order valence-electron chi connectivity index (χ3n) is 7.16. The number of amidine groups is 1. The smallest absolute Gasteiger partial charge is 0.286 e. The molecular formula is C23H30N4O7S2. The summed E-state index contributed by atoms with van der Waals surface area (Å²) in [5.74, 6) is -2.98. The number of carbonyl (C=O) groups excluding carboxylic acids is 2. The number of sulfonamides is 2.